The molecule has 160 valence electrons. The van der Waals surface area contributed by atoms with E-state index in [1.54, 1.807) is 0 Å². The summed E-state index contributed by atoms with van der Waals surface area (Å²) in [7, 11) is 1.29. The van der Waals surface area contributed by atoms with Gasteiger partial charge in [0.2, 0.25) is 5.88 Å². The number of hydrogen-bond acceptors (Lipinski definition) is 6. The summed E-state index contributed by atoms with van der Waals surface area (Å²) in [5, 5.41) is 0. The lowest BCUT2D eigenvalue weighted by Crippen LogP contribution is -2.32. The van der Waals surface area contributed by atoms with E-state index in [0.29, 0.717) is 36.5 Å². The Hall–Kier alpha value is -3.54. The minimum atomic E-state index is -0.643. The molecule has 0 fully saturated rings. The number of ether oxygens (including phenoxy) is 3. The van der Waals surface area contributed by atoms with E-state index in [4.69, 9.17) is 19.9 Å². The Balaban J connectivity index is 1.78. The van der Waals surface area contributed by atoms with Gasteiger partial charge in [0.1, 0.15) is 17.1 Å². The smallest absolute Gasteiger partial charge is 0.340 e. The van der Waals surface area contributed by atoms with Crippen LogP contribution in [0.5, 0.6) is 5.75 Å². The topological polar surface area (TPSA) is 87.8 Å². The van der Waals surface area contributed by atoms with Crippen LogP contribution in [-0.2, 0) is 19.1 Å². The van der Waals surface area contributed by atoms with Gasteiger partial charge >= 0.3 is 5.97 Å². The minimum Gasteiger partial charge on any atom is -0.494 e. The molecule has 0 amide bonds. The van der Waals surface area contributed by atoms with Gasteiger partial charge in [-0.3, -0.25) is 4.79 Å². The fourth-order valence-electron chi connectivity index (χ4n) is 4.33. The van der Waals surface area contributed by atoms with Crippen molar-refractivity contribution in [1.29, 1.82) is 0 Å². The van der Waals surface area contributed by atoms with Gasteiger partial charge in [-0.25, -0.2) is 4.79 Å². The van der Waals surface area contributed by atoms with Gasteiger partial charge in [0.15, 0.2) is 5.78 Å². The molecule has 1 aliphatic carbocycles. The molecule has 2 aliphatic rings. The second kappa shape index (κ2) is 8.68. The number of hydrogen-bond donors (Lipinski definition) is 1. The molecule has 1 aliphatic heterocycles. The van der Waals surface area contributed by atoms with E-state index in [-0.39, 0.29) is 23.2 Å². The maximum atomic E-state index is 13.4. The molecule has 2 aromatic rings. The van der Waals surface area contributed by atoms with Crippen LogP contribution in [0.2, 0.25) is 0 Å². The summed E-state index contributed by atoms with van der Waals surface area (Å²) in [6.07, 6.45) is 0.877. The summed E-state index contributed by atoms with van der Waals surface area (Å²) in [6.45, 7) is 2.46. The molecule has 6 nitrogen and oxygen atoms in total. The second-order valence-electron chi connectivity index (χ2n) is 7.58. The van der Waals surface area contributed by atoms with E-state index >= 15 is 0 Å². The van der Waals surface area contributed by atoms with Gasteiger partial charge in [0, 0.05) is 18.4 Å². The van der Waals surface area contributed by atoms with Crippen LogP contribution in [0.4, 0.5) is 0 Å². The van der Waals surface area contributed by atoms with Crippen molar-refractivity contribution in [2.75, 3.05) is 13.7 Å². The molecular weight excluding hydrogens is 394 g/mol. The van der Waals surface area contributed by atoms with Crippen LogP contribution in [0.3, 0.4) is 0 Å². The minimum absolute atomic E-state index is 0.000840. The van der Waals surface area contributed by atoms with Crippen molar-refractivity contribution in [2.45, 2.75) is 31.6 Å². The van der Waals surface area contributed by atoms with Crippen molar-refractivity contribution in [2.24, 2.45) is 5.73 Å². The monoisotopic (exact) mass is 419 g/mol. The first-order valence-corrected chi connectivity index (χ1v) is 10.3. The normalized spacial score (nSPS) is 20.8. The molecule has 0 aromatic heterocycles. The lowest BCUT2D eigenvalue weighted by Gasteiger charge is -2.35. The van der Waals surface area contributed by atoms with Crippen LogP contribution in [-0.4, -0.2) is 25.5 Å². The highest BCUT2D eigenvalue weighted by Crippen LogP contribution is 2.47. The highest BCUT2D eigenvalue weighted by atomic mass is 16.5. The Bertz CT molecular complexity index is 1050. The lowest BCUT2D eigenvalue weighted by molar-refractivity contribution is -0.136. The predicted octanol–water partition coefficient (Wildman–Crippen LogP) is 3.94. The number of carbonyl (C=O) groups is 2. The first-order valence-electron chi connectivity index (χ1n) is 10.3. The van der Waals surface area contributed by atoms with Crippen LogP contribution in [0, 0.1) is 0 Å². The van der Waals surface area contributed by atoms with Gasteiger partial charge in [-0.1, -0.05) is 42.5 Å². The maximum Gasteiger partial charge on any atom is 0.340 e. The third-order valence-corrected chi connectivity index (χ3v) is 5.74. The summed E-state index contributed by atoms with van der Waals surface area (Å²) in [5.41, 5.74) is 8.64. The first kappa shape index (κ1) is 20.7. The molecule has 2 aromatic carbocycles. The number of methoxy groups -OCH3 is 1. The maximum absolute atomic E-state index is 13.4. The fraction of sp³-hybridized carbons (Fsp3) is 0.280. The summed E-state index contributed by atoms with van der Waals surface area (Å²) in [4.78, 5) is 25.9. The Morgan fingerprint density at radius 2 is 1.77 bits per heavy atom. The number of carbonyl (C=O) groups excluding carboxylic acids is 2. The van der Waals surface area contributed by atoms with Crippen molar-refractivity contribution >= 4 is 11.8 Å². The Morgan fingerprint density at radius 3 is 2.42 bits per heavy atom. The highest BCUT2D eigenvalue weighted by molar-refractivity contribution is 6.03. The van der Waals surface area contributed by atoms with Crippen molar-refractivity contribution < 1.29 is 23.8 Å². The third kappa shape index (κ3) is 3.93. The quantitative estimate of drug-likeness (QED) is 0.739. The average Bonchev–Trinajstić information content (AvgIpc) is 2.79. The zero-order valence-corrected chi connectivity index (χ0v) is 17.6. The van der Waals surface area contributed by atoms with E-state index in [1.165, 1.54) is 7.11 Å². The molecule has 0 spiro atoms. The van der Waals surface area contributed by atoms with Crippen LogP contribution in [0.25, 0.3) is 0 Å². The zero-order valence-electron chi connectivity index (χ0n) is 17.6. The number of rotatable bonds is 5. The second-order valence-corrected chi connectivity index (χ2v) is 7.58. The fourth-order valence-corrected chi connectivity index (χ4v) is 4.33. The molecule has 2 atom stereocenters. The van der Waals surface area contributed by atoms with Crippen molar-refractivity contribution in [1.82, 2.24) is 0 Å². The standard InChI is InChI=1S/C25H25NO5/c1-3-30-18-11-9-16(10-12-18)21-22-19(27)13-17(15-7-5-4-6-8-15)14-20(22)31-24(26)23(21)25(28)29-2/h4-12,17,21H,3,13-14,26H2,1-2H3/t17-,21-/m0/s1. The molecule has 4 rings (SSSR count). The lowest BCUT2D eigenvalue weighted by atomic mass is 9.73. The summed E-state index contributed by atoms with van der Waals surface area (Å²) >= 11 is 0. The molecule has 0 bridgehead atoms. The van der Waals surface area contributed by atoms with Gasteiger partial charge in [0.25, 0.3) is 0 Å². The number of nitrogens with two attached hydrogens (primary N) is 1. The molecule has 6 heteroatoms. The molecule has 2 N–H and O–H groups in total. The highest BCUT2D eigenvalue weighted by Gasteiger charge is 2.43. The van der Waals surface area contributed by atoms with Crippen molar-refractivity contribution in [3.8, 4) is 5.75 Å². The van der Waals surface area contributed by atoms with Crippen LogP contribution < -0.4 is 10.5 Å². The van der Waals surface area contributed by atoms with E-state index in [0.717, 1.165) is 11.1 Å². The molecular formula is C25H25NO5. The Kier molecular flexibility index (Phi) is 5.80. The van der Waals surface area contributed by atoms with Gasteiger partial charge < -0.3 is 19.9 Å². The van der Waals surface area contributed by atoms with E-state index < -0.39 is 11.9 Å². The SMILES string of the molecule is CCOc1ccc([C@@H]2C(C(=O)OC)=C(N)OC3=C2C(=O)C[C@H](c2ccccc2)C3)cc1. The number of benzene rings is 2. The Morgan fingerprint density at radius 1 is 1.06 bits per heavy atom. The summed E-state index contributed by atoms with van der Waals surface area (Å²) in [6, 6.07) is 17.2. The Labute approximate surface area is 181 Å². The first-order chi connectivity index (χ1) is 15.0. The molecule has 1 heterocycles. The number of esters is 1. The molecule has 0 unspecified atom stereocenters. The predicted molar refractivity (Wildman–Crippen MR) is 115 cm³/mol. The number of allylic oxidation sites excluding steroid dienone is 2. The van der Waals surface area contributed by atoms with Crippen molar-refractivity contribution in [3.05, 3.63) is 88.5 Å². The van der Waals surface area contributed by atoms with Gasteiger partial charge in [-0.2, -0.15) is 0 Å². The molecule has 0 radical (unpaired) electrons. The number of Topliss-reactive ketones (excluding diaryl/α,β-unsaturated/α-hetero) is 1. The van der Waals surface area contributed by atoms with Crippen LogP contribution >= 0.6 is 0 Å². The zero-order chi connectivity index (χ0) is 22.0. The van der Waals surface area contributed by atoms with Crippen molar-refractivity contribution in [3.63, 3.8) is 0 Å². The van der Waals surface area contributed by atoms with Gasteiger partial charge in [-0.05, 0) is 36.1 Å². The van der Waals surface area contributed by atoms with E-state index in [9.17, 15) is 9.59 Å². The summed E-state index contributed by atoms with van der Waals surface area (Å²) in [5.74, 6) is -0.0934. The average molecular weight is 419 g/mol. The molecule has 31 heavy (non-hydrogen) atoms. The third-order valence-electron chi connectivity index (χ3n) is 5.74. The largest absolute Gasteiger partial charge is 0.494 e. The summed E-state index contributed by atoms with van der Waals surface area (Å²) < 4.78 is 16.3. The van der Waals surface area contributed by atoms with Crippen LogP contribution in [0.15, 0.2) is 77.4 Å². The molecule has 0 saturated heterocycles. The molecule has 0 saturated carbocycles. The van der Waals surface area contributed by atoms with E-state index in [1.807, 2.05) is 61.5 Å². The van der Waals surface area contributed by atoms with Gasteiger partial charge in [0.05, 0.1) is 19.6 Å². The van der Waals surface area contributed by atoms with E-state index in [2.05, 4.69) is 0 Å². The van der Waals surface area contributed by atoms with Crippen LogP contribution in [0.1, 0.15) is 42.7 Å². The number of ketones is 1. The van der Waals surface area contributed by atoms with Gasteiger partial charge in [-0.15, -0.1) is 0 Å².